The van der Waals surface area contributed by atoms with E-state index < -0.39 is 38.4 Å². The van der Waals surface area contributed by atoms with Gasteiger partial charge in [-0.2, -0.15) is 0 Å². The molecule has 0 spiro atoms. The largest absolute Gasteiger partial charge is 0.277 e. The van der Waals surface area contributed by atoms with Crippen LogP contribution in [0, 0.1) is 36.1 Å². The summed E-state index contributed by atoms with van der Waals surface area (Å²) >= 11 is 6.51. The molecule has 38 heavy (non-hydrogen) atoms. The van der Waals surface area contributed by atoms with Crippen LogP contribution >= 0.6 is 11.6 Å². The lowest BCUT2D eigenvalue weighted by Gasteiger charge is -2.18. The average molecular weight is 559 g/mol. The minimum Gasteiger partial charge on any atom is -0.277 e. The van der Waals surface area contributed by atoms with Crippen molar-refractivity contribution in [3.8, 4) is 16.9 Å². The van der Waals surface area contributed by atoms with E-state index in [1.165, 1.54) is 42.7 Å². The Morgan fingerprint density at radius 1 is 1.08 bits per heavy atom. The van der Waals surface area contributed by atoms with E-state index in [1.54, 1.807) is 19.9 Å². The van der Waals surface area contributed by atoms with Crippen molar-refractivity contribution < 1.29 is 17.4 Å². The topological polar surface area (TPSA) is 88.7 Å². The van der Waals surface area contributed by atoms with Gasteiger partial charge >= 0.3 is 0 Å². The summed E-state index contributed by atoms with van der Waals surface area (Å²) in [6, 6.07) is 8.34. The van der Waals surface area contributed by atoms with Crippen LogP contribution in [0.3, 0.4) is 0 Å². The molecule has 0 unspecified atom stereocenters. The molecule has 0 bridgehead atoms. The van der Waals surface area contributed by atoms with Gasteiger partial charge in [-0.3, -0.25) is 19.3 Å². The van der Waals surface area contributed by atoms with E-state index in [9.17, 15) is 13.4 Å². The SMILES string of the molecule is Cc1cnc(-c2cccc([S@@](C)(=N)=O)c2F)c(F)c1-n1c(C)cc([C@H]2C[C@@H]2c2ncccc2F)c(Cl)c1=O. The molecule has 11 heteroatoms. The minimum atomic E-state index is -3.43. The maximum atomic E-state index is 16.0. The van der Waals surface area contributed by atoms with Crippen molar-refractivity contribution in [2.24, 2.45) is 0 Å². The molecule has 3 heterocycles. The number of hydrogen-bond donors (Lipinski definition) is 1. The number of nitrogens with zero attached hydrogens (tertiary/aromatic N) is 3. The number of benzene rings is 1. The molecule has 0 aliphatic heterocycles. The van der Waals surface area contributed by atoms with Gasteiger partial charge < -0.3 is 0 Å². The Hall–Kier alpha value is -3.50. The summed E-state index contributed by atoms with van der Waals surface area (Å²) < 4.78 is 66.5. The van der Waals surface area contributed by atoms with Crippen LogP contribution in [0.5, 0.6) is 0 Å². The first-order chi connectivity index (χ1) is 17.9. The molecule has 4 aromatic rings. The van der Waals surface area contributed by atoms with Crippen molar-refractivity contribution in [1.29, 1.82) is 4.78 Å². The van der Waals surface area contributed by atoms with Gasteiger partial charge in [0.2, 0.25) is 0 Å². The molecule has 0 amide bonds. The molecule has 1 aliphatic rings. The van der Waals surface area contributed by atoms with Crippen LogP contribution in [0.4, 0.5) is 13.2 Å². The zero-order valence-corrected chi connectivity index (χ0v) is 22.1. The summed E-state index contributed by atoms with van der Waals surface area (Å²) in [5.74, 6) is -2.85. The number of rotatable bonds is 5. The second kappa shape index (κ2) is 9.36. The molecule has 1 fully saturated rings. The molecule has 5 rings (SSSR count). The lowest BCUT2D eigenvalue weighted by Crippen LogP contribution is -2.24. The molecule has 6 nitrogen and oxygen atoms in total. The highest BCUT2D eigenvalue weighted by Gasteiger charge is 2.44. The normalized spacial score (nSPS) is 18.3. The molecule has 0 radical (unpaired) electrons. The minimum absolute atomic E-state index is 0.121. The van der Waals surface area contributed by atoms with E-state index in [0.717, 1.165) is 10.8 Å². The van der Waals surface area contributed by atoms with E-state index in [1.807, 2.05) is 0 Å². The summed E-state index contributed by atoms with van der Waals surface area (Å²) in [4.78, 5) is 21.3. The standard InChI is InChI=1S/C27H22ClF3N4O2S/c1-13-12-34-25(15-6-4-8-20(22(15)30)38(3,32)37)23(31)26(13)35-14(2)10-17(21(28)27(35)36)16-11-18(16)24-19(29)7-5-9-33-24/h4-10,12,16,18,32H,11H2,1-3H3/t16-,18+,38+/m1/s1. The van der Waals surface area contributed by atoms with Crippen LogP contribution in [0.2, 0.25) is 5.02 Å². The fraction of sp³-hybridized carbons (Fsp3) is 0.222. The summed E-state index contributed by atoms with van der Waals surface area (Å²) in [6.07, 6.45) is 4.44. The molecule has 3 atom stereocenters. The van der Waals surface area contributed by atoms with Gasteiger partial charge in [-0.05, 0) is 67.6 Å². The van der Waals surface area contributed by atoms with Crippen molar-refractivity contribution in [3.63, 3.8) is 0 Å². The first-order valence-electron chi connectivity index (χ1n) is 11.6. The third kappa shape index (κ3) is 4.31. The zero-order chi connectivity index (χ0) is 27.5. The van der Waals surface area contributed by atoms with E-state index in [0.29, 0.717) is 28.9 Å². The number of halogens is 4. The first kappa shape index (κ1) is 26.1. The Labute approximate surface area is 222 Å². The number of nitrogens with one attached hydrogen (secondary N) is 1. The van der Waals surface area contributed by atoms with Gasteiger partial charge in [0.05, 0.1) is 26.0 Å². The van der Waals surface area contributed by atoms with E-state index in [2.05, 4.69) is 9.97 Å². The third-order valence-corrected chi connectivity index (χ3v) is 8.26. The zero-order valence-electron chi connectivity index (χ0n) is 20.6. The fourth-order valence-electron chi connectivity index (χ4n) is 4.82. The predicted octanol–water partition coefficient (Wildman–Crippen LogP) is 6.29. The quantitative estimate of drug-likeness (QED) is 0.312. The Balaban J connectivity index is 1.63. The van der Waals surface area contributed by atoms with Crippen LogP contribution in [0.25, 0.3) is 16.9 Å². The van der Waals surface area contributed by atoms with Gasteiger partial charge in [-0.1, -0.05) is 17.7 Å². The highest BCUT2D eigenvalue weighted by atomic mass is 35.5. The smallest absolute Gasteiger partial charge is 0.274 e. The van der Waals surface area contributed by atoms with Crippen molar-refractivity contribution in [1.82, 2.24) is 14.5 Å². The predicted molar refractivity (Wildman–Crippen MR) is 139 cm³/mol. The Morgan fingerprint density at radius 2 is 1.82 bits per heavy atom. The molecule has 196 valence electrons. The van der Waals surface area contributed by atoms with E-state index in [-0.39, 0.29) is 33.0 Å². The Kier molecular flexibility index (Phi) is 6.43. The molecule has 0 saturated heterocycles. The second-order valence-corrected chi connectivity index (χ2v) is 11.9. The Bertz CT molecular complexity index is 1790. The molecule has 3 aromatic heterocycles. The van der Waals surface area contributed by atoms with Gasteiger partial charge in [0.1, 0.15) is 22.4 Å². The summed E-state index contributed by atoms with van der Waals surface area (Å²) in [5.41, 5.74) is 0.00687. The lowest BCUT2D eigenvalue weighted by molar-refractivity contribution is 0.586. The number of aryl methyl sites for hydroxylation is 2. The highest BCUT2D eigenvalue weighted by molar-refractivity contribution is 7.91. The molecule has 1 N–H and O–H groups in total. The summed E-state index contributed by atoms with van der Waals surface area (Å²) in [7, 11) is -3.43. The third-order valence-electron chi connectivity index (χ3n) is 6.73. The van der Waals surface area contributed by atoms with Gasteiger partial charge in [0.25, 0.3) is 5.56 Å². The number of aromatic nitrogens is 3. The van der Waals surface area contributed by atoms with Crippen molar-refractivity contribution in [3.05, 3.63) is 104 Å². The van der Waals surface area contributed by atoms with Crippen LogP contribution in [0.1, 0.15) is 40.8 Å². The highest BCUT2D eigenvalue weighted by Crippen LogP contribution is 2.55. The van der Waals surface area contributed by atoms with E-state index in [4.69, 9.17) is 16.4 Å². The van der Waals surface area contributed by atoms with Crippen molar-refractivity contribution in [2.45, 2.75) is 37.0 Å². The van der Waals surface area contributed by atoms with E-state index >= 15 is 8.78 Å². The van der Waals surface area contributed by atoms with Gasteiger partial charge in [0.15, 0.2) is 5.82 Å². The van der Waals surface area contributed by atoms with Gasteiger partial charge in [0, 0.05) is 35.8 Å². The molecule has 1 saturated carbocycles. The fourth-order valence-corrected chi connectivity index (χ4v) is 5.88. The summed E-state index contributed by atoms with van der Waals surface area (Å²) in [6.45, 7) is 3.17. The molecule has 1 aliphatic carbocycles. The second-order valence-electron chi connectivity index (χ2n) is 9.43. The monoisotopic (exact) mass is 558 g/mol. The Morgan fingerprint density at radius 3 is 2.50 bits per heavy atom. The lowest BCUT2D eigenvalue weighted by atomic mass is 10.1. The number of hydrogen-bond acceptors (Lipinski definition) is 5. The van der Waals surface area contributed by atoms with Gasteiger partial charge in [-0.25, -0.2) is 22.2 Å². The maximum Gasteiger partial charge on any atom is 0.274 e. The molecular weight excluding hydrogens is 537 g/mol. The average Bonchev–Trinajstić information content (AvgIpc) is 3.64. The molecule has 1 aromatic carbocycles. The maximum absolute atomic E-state index is 16.0. The van der Waals surface area contributed by atoms with Crippen LogP contribution in [-0.4, -0.2) is 25.0 Å². The van der Waals surface area contributed by atoms with Crippen LogP contribution < -0.4 is 5.56 Å². The first-order valence-corrected chi connectivity index (χ1v) is 14.0. The van der Waals surface area contributed by atoms with Crippen LogP contribution in [-0.2, 0) is 9.73 Å². The van der Waals surface area contributed by atoms with Crippen molar-refractivity contribution >= 4 is 21.3 Å². The van der Waals surface area contributed by atoms with Gasteiger partial charge in [-0.15, -0.1) is 0 Å². The van der Waals surface area contributed by atoms with Crippen LogP contribution in [0.15, 0.2) is 58.5 Å². The number of pyridine rings is 3. The van der Waals surface area contributed by atoms with Crippen molar-refractivity contribution in [2.75, 3.05) is 6.26 Å². The molecular formula is C27H22ClF3N4O2S. The summed E-state index contributed by atoms with van der Waals surface area (Å²) in [5, 5.41) is -0.121.